The van der Waals surface area contributed by atoms with Gasteiger partial charge in [-0.25, -0.2) is 0 Å². The Morgan fingerprint density at radius 3 is 3.06 bits per heavy atom. The molecule has 2 bridgehead atoms. The van der Waals surface area contributed by atoms with Crippen LogP contribution in [0.1, 0.15) is 32.6 Å². The number of rotatable bonds is 2. The van der Waals surface area contributed by atoms with Gasteiger partial charge in [0.1, 0.15) is 0 Å². The van der Waals surface area contributed by atoms with Crippen LogP contribution in [0.25, 0.3) is 0 Å². The van der Waals surface area contributed by atoms with Crippen LogP contribution in [-0.2, 0) is 4.79 Å². The van der Waals surface area contributed by atoms with Gasteiger partial charge in [-0.3, -0.25) is 4.79 Å². The van der Waals surface area contributed by atoms with E-state index in [1.807, 2.05) is 4.90 Å². The predicted molar refractivity (Wildman–Crippen MR) is 63.8 cm³/mol. The molecule has 1 amide bonds. The minimum atomic E-state index is 0.0173. The average Bonchev–Trinajstić information content (AvgIpc) is 2.40. The van der Waals surface area contributed by atoms with Gasteiger partial charge in [-0.1, -0.05) is 19.3 Å². The first kappa shape index (κ1) is 11.5. The number of hydrogen-bond acceptors (Lipinski definition) is 2. The molecule has 2 rings (SSSR count). The molecule has 2 saturated heterocycles. The van der Waals surface area contributed by atoms with E-state index in [9.17, 15) is 4.79 Å². The summed E-state index contributed by atoms with van der Waals surface area (Å²) in [6.07, 6.45) is 9.77. The number of piperidine rings is 1. The molecule has 3 nitrogen and oxygen atoms in total. The Hall–Kier alpha value is -1.01. The fourth-order valence-electron chi connectivity index (χ4n) is 2.92. The van der Waals surface area contributed by atoms with E-state index in [1.165, 1.54) is 6.42 Å². The molecule has 2 unspecified atom stereocenters. The quantitative estimate of drug-likeness (QED) is 0.704. The van der Waals surface area contributed by atoms with Crippen LogP contribution in [0.5, 0.6) is 0 Å². The molecule has 0 aliphatic carbocycles. The van der Waals surface area contributed by atoms with Crippen LogP contribution in [-0.4, -0.2) is 36.0 Å². The molecule has 2 fully saturated rings. The Labute approximate surface area is 97.6 Å². The lowest BCUT2D eigenvalue weighted by molar-refractivity contribution is -0.132. The van der Waals surface area contributed by atoms with Gasteiger partial charge < -0.3 is 10.2 Å². The summed E-state index contributed by atoms with van der Waals surface area (Å²) < 4.78 is 0. The van der Waals surface area contributed by atoms with Crippen LogP contribution < -0.4 is 5.32 Å². The number of nitrogens with one attached hydrogen (secondary N) is 1. The van der Waals surface area contributed by atoms with E-state index in [4.69, 9.17) is 6.42 Å². The Morgan fingerprint density at radius 2 is 2.38 bits per heavy atom. The van der Waals surface area contributed by atoms with E-state index in [0.29, 0.717) is 18.5 Å². The molecule has 2 heterocycles. The van der Waals surface area contributed by atoms with Crippen LogP contribution in [0.4, 0.5) is 0 Å². The molecular formula is C13H20N2O. The third kappa shape index (κ3) is 2.08. The van der Waals surface area contributed by atoms with E-state index in [1.54, 1.807) is 0 Å². The van der Waals surface area contributed by atoms with E-state index >= 15 is 0 Å². The molecular weight excluding hydrogens is 200 g/mol. The van der Waals surface area contributed by atoms with Crippen molar-refractivity contribution in [2.75, 3.05) is 13.1 Å². The van der Waals surface area contributed by atoms with Gasteiger partial charge in [-0.2, -0.15) is 0 Å². The van der Waals surface area contributed by atoms with Crippen LogP contribution >= 0.6 is 0 Å². The SMILES string of the molecule is C#CCN1C[C@H](CC)C2CCCC(N2)C1=O. The first-order valence-electron chi connectivity index (χ1n) is 6.24. The van der Waals surface area contributed by atoms with Crippen molar-refractivity contribution in [1.29, 1.82) is 0 Å². The first-order chi connectivity index (χ1) is 7.76. The molecule has 3 heteroatoms. The van der Waals surface area contributed by atoms with Gasteiger partial charge >= 0.3 is 0 Å². The summed E-state index contributed by atoms with van der Waals surface area (Å²) in [5, 5.41) is 3.49. The predicted octanol–water partition coefficient (Wildman–Crippen LogP) is 0.999. The Balaban J connectivity index is 2.17. The fraction of sp³-hybridized carbons (Fsp3) is 0.769. The number of hydrogen-bond donors (Lipinski definition) is 1. The monoisotopic (exact) mass is 220 g/mol. The molecule has 1 N–H and O–H groups in total. The minimum absolute atomic E-state index is 0.0173. The number of carbonyl (C=O) groups is 1. The van der Waals surface area contributed by atoms with E-state index in [2.05, 4.69) is 18.2 Å². The Bertz CT molecular complexity index is 308. The number of fused-ring (bicyclic) bond motifs is 2. The third-order valence-electron chi connectivity index (χ3n) is 3.86. The summed E-state index contributed by atoms with van der Waals surface area (Å²) in [5.74, 6) is 3.36. The van der Waals surface area contributed by atoms with Crippen molar-refractivity contribution in [3.8, 4) is 12.3 Å². The van der Waals surface area contributed by atoms with Gasteiger partial charge in [0, 0.05) is 12.6 Å². The van der Waals surface area contributed by atoms with Gasteiger partial charge in [0.25, 0.3) is 0 Å². The highest BCUT2D eigenvalue weighted by Gasteiger charge is 2.37. The lowest BCUT2D eigenvalue weighted by atomic mass is 9.89. The maximum absolute atomic E-state index is 12.2. The minimum Gasteiger partial charge on any atom is -0.330 e. The summed E-state index contributed by atoms with van der Waals surface area (Å²) in [6.45, 7) is 3.48. The summed E-state index contributed by atoms with van der Waals surface area (Å²) in [4.78, 5) is 14.0. The summed E-state index contributed by atoms with van der Waals surface area (Å²) in [6, 6.07) is 0.527. The second kappa shape index (κ2) is 4.88. The van der Waals surface area contributed by atoms with Crippen molar-refractivity contribution in [2.45, 2.75) is 44.7 Å². The van der Waals surface area contributed by atoms with Gasteiger partial charge in [0.15, 0.2) is 0 Å². The lowest BCUT2D eigenvalue weighted by Gasteiger charge is -2.30. The average molecular weight is 220 g/mol. The van der Waals surface area contributed by atoms with Crippen LogP contribution in [0, 0.1) is 18.3 Å². The topological polar surface area (TPSA) is 32.3 Å². The molecule has 0 aromatic rings. The Morgan fingerprint density at radius 1 is 1.56 bits per heavy atom. The van der Waals surface area contributed by atoms with Crippen molar-refractivity contribution in [2.24, 2.45) is 5.92 Å². The molecule has 0 saturated carbocycles. The maximum Gasteiger partial charge on any atom is 0.240 e. The smallest absolute Gasteiger partial charge is 0.240 e. The zero-order chi connectivity index (χ0) is 11.5. The molecule has 88 valence electrons. The van der Waals surface area contributed by atoms with E-state index in [-0.39, 0.29) is 11.9 Å². The number of carbonyl (C=O) groups excluding carboxylic acids is 1. The molecule has 2 aliphatic rings. The number of amides is 1. The molecule has 2 aliphatic heterocycles. The highest BCUT2D eigenvalue weighted by molar-refractivity contribution is 5.82. The normalized spacial score (nSPS) is 34.4. The first-order valence-corrected chi connectivity index (χ1v) is 6.24. The molecule has 0 aromatic heterocycles. The Kier molecular flexibility index (Phi) is 3.50. The van der Waals surface area contributed by atoms with Gasteiger partial charge in [-0.05, 0) is 25.2 Å². The van der Waals surface area contributed by atoms with Crippen molar-refractivity contribution >= 4 is 5.91 Å². The van der Waals surface area contributed by atoms with Gasteiger partial charge in [0.05, 0.1) is 12.6 Å². The standard InChI is InChI=1S/C13H20N2O/c1-3-8-15-9-10(4-2)11-6-5-7-12(14-11)13(15)16/h1,10-12,14H,4-9H2,2H3/t10-,11?,12?/m0/s1. The van der Waals surface area contributed by atoms with Crippen LogP contribution in [0.15, 0.2) is 0 Å². The highest BCUT2D eigenvalue weighted by atomic mass is 16.2. The zero-order valence-corrected chi connectivity index (χ0v) is 9.91. The summed E-state index contributed by atoms with van der Waals surface area (Å²) in [5.41, 5.74) is 0. The van der Waals surface area contributed by atoms with Crippen LogP contribution in [0.2, 0.25) is 0 Å². The summed E-state index contributed by atoms with van der Waals surface area (Å²) >= 11 is 0. The third-order valence-corrected chi connectivity index (χ3v) is 3.86. The van der Waals surface area contributed by atoms with Crippen molar-refractivity contribution in [3.63, 3.8) is 0 Å². The van der Waals surface area contributed by atoms with Crippen molar-refractivity contribution in [1.82, 2.24) is 10.2 Å². The fourth-order valence-corrected chi connectivity index (χ4v) is 2.92. The number of terminal acetylenes is 1. The van der Waals surface area contributed by atoms with Crippen molar-refractivity contribution in [3.05, 3.63) is 0 Å². The molecule has 0 spiro atoms. The molecule has 3 atom stereocenters. The summed E-state index contributed by atoms with van der Waals surface area (Å²) in [7, 11) is 0. The second-order valence-corrected chi connectivity index (χ2v) is 4.85. The molecule has 16 heavy (non-hydrogen) atoms. The van der Waals surface area contributed by atoms with E-state index < -0.39 is 0 Å². The van der Waals surface area contributed by atoms with Crippen LogP contribution in [0.3, 0.4) is 0 Å². The molecule has 0 aromatic carbocycles. The van der Waals surface area contributed by atoms with Crippen molar-refractivity contribution < 1.29 is 4.79 Å². The maximum atomic E-state index is 12.2. The second-order valence-electron chi connectivity index (χ2n) is 4.85. The van der Waals surface area contributed by atoms with Gasteiger partial charge in [0.2, 0.25) is 5.91 Å². The number of nitrogens with zero attached hydrogens (tertiary/aromatic N) is 1. The zero-order valence-electron chi connectivity index (χ0n) is 9.91. The van der Waals surface area contributed by atoms with E-state index in [0.717, 1.165) is 25.8 Å². The lowest BCUT2D eigenvalue weighted by Crippen LogP contribution is -2.48. The van der Waals surface area contributed by atoms with Gasteiger partial charge in [-0.15, -0.1) is 6.42 Å². The largest absolute Gasteiger partial charge is 0.330 e. The highest BCUT2D eigenvalue weighted by Crippen LogP contribution is 2.26. The molecule has 0 radical (unpaired) electrons.